The molecule has 2 heterocycles. The molecule has 2 N–H and O–H groups in total. The molecule has 34 heavy (non-hydrogen) atoms. The molecule has 0 saturated carbocycles. The summed E-state index contributed by atoms with van der Waals surface area (Å²) in [5, 5.41) is 18.2. The number of H-pyrrole nitrogens is 1. The smallest absolute Gasteiger partial charge is 0.273 e. The molecule has 1 amide bonds. The fourth-order valence-corrected chi connectivity index (χ4v) is 4.69. The SMILES string of the molecule is C=CCN1C(=O)c2[nH]nc(-c3c(C)cc(C)cc3O)c2C1c1cccc(Oc2ccccc2)c1. The zero-order valence-electron chi connectivity index (χ0n) is 19.1. The maximum atomic E-state index is 13.3. The predicted molar refractivity (Wildman–Crippen MR) is 131 cm³/mol. The van der Waals surface area contributed by atoms with E-state index in [0.717, 1.165) is 28.0 Å². The average molecular weight is 452 g/mol. The number of amides is 1. The second kappa shape index (κ2) is 8.56. The lowest BCUT2D eigenvalue weighted by Gasteiger charge is -2.25. The summed E-state index contributed by atoms with van der Waals surface area (Å²) in [4.78, 5) is 15.1. The lowest BCUT2D eigenvalue weighted by Crippen LogP contribution is -2.29. The highest BCUT2D eigenvalue weighted by Crippen LogP contribution is 2.46. The highest BCUT2D eigenvalue weighted by Gasteiger charge is 2.42. The van der Waals surface area contributed by atoms with Gasteiger partial charge in [-0.15, -0.1) is 6.58 Å². The number of phenolic OH excluding ortho intramolecular Hbond substituents is 1. The molecular formula is C28H25N3O3. The van der Waals surface area contributed by atoms with E-state index in [4.69, 9.17) is 4.74 Å². The molecule has 170 valence electrons. The Balaban J connectivity index is 1.64. The van der Waals surface area contributed by atoms with Gasteiger partial charge in [-0.1, -0.05) is 42.5 Å². The van der Waals surface area contributed by atoms with Gasteiger partial charge in [0.05, 0.1) is 6.04 Å². The average Bonchev–Trinajstić information content (AvgIpc) is 3.34. The van der Waals surface area contributed by atoms with Crippen LogP contribution in [-0.2, 0) is 0 Å². The molecule has 1 atom stereocenters. The van der Waals surface area contributed by atoms with Crippen molar-refractivity contribution in [1.29, 1.82) is 0 Å². The first kappa shape index (κ1) is 21.5. The van der Waals surface area contributed by atoms with E-state index in [2.05, 4.69) is 16.8 Å². The van der Waals surface area contributed by atoms with Crippen LogP contribution in [-0.4, -0.2) is 32.7 Å². The van der Waals surface area contributed by atoms with Gasteiger partial charge in [0.2, 0.25) is 0 Å². The Labute approximate surface area is 198 Å². The lowest BCUT2D eigenvalue weighted by atomic mass is 9.93. The van der Waals surface area contributed by atoms with Crippen molar-refractivity contribution >= 4 is 5.91 Å². The van der Waals surface area contributed by atoms with E-state index >= 15 is 0 Å². The van der Waals surface area contributed by atoms with Crippen LogP contribution in [0.25, 0.3) is 11.3 Å². The van der Waals surface area contributed by atoms with Crippen molar-refractivity contribution in [3.8, 4) is 28.5 Å². The minimum atomic E-state index is -0.409. The molecule has 0 spiro atoms. The van der Waals surface area contributed by atoms with Crippen LogP contribution in [0, 0.1) is 13.8 Å². The lowest BCUT2D eigenvalue weighted by molar-refractivity contribution is 0.0764. The summed E-state index contributed by atoms with van der Waals surface area (Å²) < 4.78 is 6.05. The summed E-state index contributed by atoms with van der Waals surface area (Å²) >= 11 is 0. The van der Waals surface area contributed by atoms with E-state index in [1.165, 1.54) is 0 Å². The number of benzene rings is 3. The number of para-hydroxylation sites is 1. The minimum absolute atomic E-state index is 0.140. The third kappa shape index (κ3) is 3.63. The Morgan fingerprint density at radius 2 is 1.85 bits per heavy atom. The number of fused-ring (bicyclic) bond motifs is 1. The van der Waals surface area contributed by atoms with Crippen LogP contribution in [0.1, 0.15) is 38.8 Å². The van der Waals surface area contributed by atoms with Crippen molar-refractivity contribution in [1.82, 2.24) is 15.1 Å². The summed E-state index contributed by atoms with van der Waals surface area (Å²) in [6.07, 6.45) is 1.71. The van der Waals surface area contributed by atoms with Crippen molar-refractivity contribution in [2.75, 3.05) is 6.54 Å². The van der Waals surface area contributed by atoms with Gasteiger partial charge in [0.25, 0.3) is 5.91 Å². The largest absolute Gasteiger partial charge is 0.507 e. The van der Waals surface area contributed by atoms with Gasteiger partial charge in [-0.25, -0.2) is 0 Å². The number of carbonyl (C=O) groups is 1. The molecular weight excluding hydrogens is 426 g/mol. The Morgan fingerprint density at radius 1 is 1.09 bits per heavy atom. The van der Waals surface area contributed by atoms with E-state index in [1.54, 1.807) is 17.0 Å². The second-order valence-electron chi connectivity index (χ2n) is 8.47. The van der Waals surface area contributed by atoms with Gasteiger partial charge in [0, 0.05) is 17.7 Å². The van der Waals surface area contributed by atoms with Gasteiger partial charge >= 0.3 is 0 Å². The number of rotatable bonds is 6. The zero-order chi connectivity index (χ0) is 23.8. The van der Waals surface area contributed by atoms with Gasteiger partial charge in [-0.3, -0.25) is 9.89 Å². The topological polar surface area (TPSA) is 78.5 Å². The quantitative estimate of drug-likeness (QED) is 0.357. The van der Waals surface area contributed by atoms with Gasteiger partial charge in [0.15, 0.2) is 0 Å². The number of ether oxygens (including phenoxy) is 1. The van der Waals surface area contributed by atoms with E-state index in [0.29, 0.717) is 29.2 Å². The molecule has 3 aromatic carbocycles. The number of phenols is 1. The monoisotopic (exact) mass is 451 g/mol. The molecule has 1 aromatic heterocycles. The number of carbonyl (C=O) groups excluding carboxylic acids is 1. The summed E-state index contributed by atoms with van der Waals surface area (Å²) in [7, 11) is 0. The number of hydrogen-bond donors (Lipinski definition) is 2. The third-order valence-corrected chi connectivity index (χ3v) is 6.04. The molecule has 0 fully saturated rings. The molecule has 1 aliphatic heterocycles. The first-order valence-corrected chi connectivity index (χ1v) is 11.1. The fraction of sp³-hybridized carbons (Fsp3) is 0.143. The molecule has 0 radical (unpaired) electrons. The molecule has 0 aliphatic carbocycles. The zero-order valence-corrected chi connectivity index (χ0v) is 19.1. The number of nitrogens with zero attached hydrogens (tertiary/aromatic N) is 2. The number of aryl methyl sites for hydroxylation is 2. The molecule has 5 rings (SSSR count). The highest BCUT2D eigenvalue weighted by atomic mass is 16.5. The number of aromatic nitrogens is 2. The fourth-order valence-electron chi connectivity index (χ4n) is 4.69. The third-order valence-electron chi connectivity index (χ3n) is 6.04. The number of hydrogen-bond acceptors (Lipinski definition) is 4. The van der Waals surface area contributed by atoms with E-state index in [9.17, 15) is 9.90 Å². The standard InChI is InChI=1S/C28H25N3O3/c1-4-13-31-27(19-9-8-12-21(16-19)34-20-10-6-5-7-11-20)24-25(29-30-26(24)28(31)33)23-18(3)14-17(2)15-22(23)32/h4-12,14-16,27,32H,1,13H2,2-3H3,(H,29,30). The normalized spacial score (nSPS) is 14.8. The van der Waals surface area contributed by atoms with E-state index in [-0.39, 0.29) is 11.7 Å². The molecule has 6 heteroatoms. The van der Waals surface area contributed by atoms with Crippen molar-refractivity contribution in [3.63, 3.8) is 0 Å². The van der Waals surface area contributed by atoms with E-state index in [1.807, 2.05) is 74.5 Å². The Morgan fingerprint density at radius 3 is 2.59 bits per heavy atom. The number of nitrogens with one attached hydrogen (secondary N) is 1. The van der Waals surface area contributed by atoms with Gasteiger partial charge in [-0.2, -0.15) is 5.10 Å². The summed E-state index contributed by atoms with van der Waals surface area (Å²) in [6, 6.07) is 20.6. The van der Waals surface area contributed by atoms with Crippen LogP contribution in [0.2, 0.25) is 0 Å². The van der Waals surface area contributed by atoms with Crippen LogP contribution in [0.15, 0.2) is 79.4 Å². The highest BCUT2D eigenvalue weighted by molar-refractivity contribution is 6.00. The molecule has 0 saturated heterocycles. The molecule has 4 aromatic rings. The number of aromatic hydroxyl groups is 1. The van der Waals surface area contributed by atoms with Crippen LogP contribution >= 0.6 is 0 Å². The molecule has 0 bridgehead atoms. The second-order valence-corrected chi connectivity index (χ2v) is 8.47. The predicted octanol–water partition coefficient (Wildman–Crippen LogP) is 5.92. The van der Waals surface area contributed by atoms with Crippen LogP contribution < -0.4 is 4.74 Å². The Bertz CT molecular complexity index is 1370. The summed E-state index contributed by atoms with van der Waals surface area (Å²) in [5.41, 5.74) is 5.09. The van der Waals surface area contributed by atoms with Gasteiger partial charge < -0.3 is 14.7 Å². The maximum Gasteiger partial charge on any atom is 0.273 e. The molecule has 1 aliphatic rings. The van der Waals surface area contributed by atoms with Crippen molar-refractivity contribution in [2.24, 2.45) is 0 Å². The number of aromatic amines is 1. The van der Waals surface area contributed by atoms with Crippen molar-refractivity contribution < 1.29 is 14.6 Å². The maximum absolute atomic E-state index is 13.3. The van der Waals surface area contributed by atoms with E-state index < -0.39 is 6.04 Å². The summed E-state index contributed by atoms with van der Waals surface area (Å²) in [5.74, 6) is 1.39. The van der Waals surface area contributed by atoms with Crippen LogP contribution in [0.5, 0.6) is 17.2 Å². The minimum Gasteiger partial charge on any atom is -0.507 e. The van der Waals surface area contributed by atoms with Crippen LogP contribution in [0.3, 0.4) is 0 Å². The van der Waals surface area contributed by atoms with Crippen LogP contribution in [0.4, 0.5) is 0 Å². The summed E-state index contributed by atoms with van der Waals surface area (Å²) in [6.45, 7) is 8.08. The Hall–Kier alpha value is -4.32. The van der Waals surface area contributed by atoms with Gasteiger partial charge in [-0.05, 0) is 60.9 Å². The Kier molecular flexibility index (Phi) is 5.42. The first-order valence-electron chi connectivity index (χ1n) is 11.1. The molecule has 6 nitrogen and oxygen atoms in total. The van der Waals surface area contributed by atoms with Crippen molar-refractivity contribution in [3.05, 3.63) is 107 Å². The van der Waals surface area contributed by atoms with Gasteiger partial charge in [0.1, 0.15) is 28.6 Å². The molecule has 1 unspecified atom stereocenters. The van der Waals surface area contributed by atoms with Crippen molar-refractivity contribution in [2.45, 2.75) is 19.9 Å². The first-order chi connectivity index (χ1) is 16.5.